The Kier molecular flexibility index (Phi) is 7.03. The van der Waals surface area contributed by atoms with Crippen molar-refractivity contribution in [2.24, 2.45) is 0 Å². The monoisotopic (exact) mass is 593 g/mol. The SMILES string of the molecule is O=C(O)c1cc2c(nc(CN3CCN(c4cccc(OCc5ccc(Cl)c6ccoc56)n4)CC3)n2C[C@@H]2CCO2)s1. The number of fused-ring (bicyclic) bond motifs is 2. The van der Waals surface area contributed by atoms with Crippen LogP contribution in [0.3, 0.4) is 0 Å². The molecule has 2 saturated heterocycles. The number of carboxylic acids is 1. The summed E-state index contributed by atoms with van der Waals surface area (Å²) >= 11 is 7.49. The number of anilines is 1. The first-order chi connectivity index (χ1) is 20.0. The third kappa shape index (κ3) is 5.26. The van der Waals surface area contributed by atoms with Gasteiger partial charge in [-0.25, -0.2) is 9.78 Å². The van der Waals surface area contributed by atoms with Crippen LogP contribution in [0.5, 0.6) is 5.88 Å². The van der Waals surface area contributed by atoms with Gasteiger partial charge in [0, 0.05) is 49.8 Å². The van der Waals surface area contributed by atoms with Gasteiger partial charge in [0.25, 0.3) is 0 Å². The Balaban J connectivity index is 0.999. The van der Waals surface area contributed by atoms with E-state index in [4.69, 9.17) is 35.5 Å². The summed E-state index contributed by atoms with van der Waals surface area (Å²) in [6.45, 7) is 5.86. The number of halogens is 1. The summed E-state index contributed by atoms with van der Waals surface area (Å²) in [6, 6.07) is 13.2. The number of aromatic nitrogens is 3. The number of hydrogen-bond acceptors (Lipinski definition) is 9. The Morgan fingerprint density at radius 2 is 2.00 bits per heavy atom. The van der Waals surface area contributed by atoms with E-state index in [1.165, 1.54) is 11.3 Å². The fourth-order valence-corrected chi connectivity index (χ4v) is 6.47. The second-order valence-corrected chi connectivity index (χ2v) is 11.7. The normalized spacial score (nSPS) is 17.8. The zero-order valence-electron chi connectivity index (χ0n) is 22.2. The smallest absolute Gasteiger partial charge is 0.346 e. The van der Waals surface area contributed by atoms with Gasteiger partial charge in [0.05, 0.1) is 36.0 Å². The maximum absolute atomic E-state index is 11.5. The highest BCUT2D eigenvalue weighted by Crippen LogP contribution is 2.30. The number of thiophene rings is 1. The molecule has 0 bridgehead atoms. The molecular weight excluding hydrogens is 566 g/mol. The van der Waals surface area contributed by atoms with E-state index < -0.39 is 5.97 Å². The van der Waals surface area contributed by atoms with Gasteiger partial charge in [-0.05, 0) is 30.7 Å². The predicted molar refractivity (Wildman–Crippen MR) is 156 cm³/mol. The van der Waals surface area contributed by atoms with Crippen LogP contribution >= 0.6 is 22.9 Å². The predicted octanol–water partition coefficient (Wildman–Crippen LogP) is 5.28. The highest BCUT2D eigenvalue weighted by Gasteiger charge is 2.26. The van der Waals surface area contributed by atoms with E-state index in [9.17, 15) is 9.90 Å². The van der Waals surface area contributed by atoms with Gasteiger partial charge in [0.1, 0.15) is 33.5 Å². The molecule has 1 atom stereocenters. The average molecular weight is 594 g/mol. The lowest BCUT2D eigenvalue weighted by atomic mass is 10.1. The molecule has 1 aromatic carbocycles. The fraction of sp³-hybridized carbons (Fsp3) is 0.345. The van der Waals surface area contributed by atoms with E-state index >= 15 is 0 Å². The van der Waals surface area contributed by atoms with Gasteiger partial charge in [-0.1, -0.05) is 23.7 Å². The third-order valence-corrected chi connectivity index (χ3v) is 9.04. The van der Waals surface area contributed by atoms with Crippen LogP contribution in [-0.2, 0) is 24.4 Å². The van der Waals surface area contributed by atoms with Crippen molar-refractivity contribution in [1.29, 1.82) is 0 Å². The molecular formula is C29H28ClN5O5S. The van der Waals surface area contributed by atoms with Crippen molar-refractivity contribution in [2.75, 3.05) is 37.7 Å². The second-order valence-electron chi connectivity index (χ2n) is 10.3. The van der Waals surface area contributed by atoms with E-state index in [2.05, 4.69) is 14.4 Å². The van der Waals surface area contributed by atoms with Crippen molar-refractivity contribution in [3.63, 3.8) is 0 Å². The van der Waals surface area contributed by atoms with Crippen LogP contribution < -0.4 is 9.64 Å². The zero-order valence-corrected chi connectivity index (χ0v) is 23.7. The standard InChI is InChI=1S/C29H28ClN5O5S/c30-21-5-4-18(27-20(21)7-13-39-27)17-40-26-3-1-2-24(31-26)34-10-8-33(9-11-34)16-25-32-28-22(14-23(41-28)29(36)37)35(25)15-19-6-12-38-19/h1-5,7,13-14,19H,6,8-12,15-17H2,(H,36,37)/t19-/m0/s1. The number of carboxylic acid groups (broad SMARTS) is 1. The first kappa shape index (κ1) is 26.3. The summed E-state index contributed by atoms with van der Waals surface area (Å²) in [5.74, 6) is 1.47. The van der Waals surface area contributed by atoms with E-state index in [1.807, 2.05) is 36.4 Å². The molecule has 41 heavy (non-hydrogen) atoms. The molecule has 0 saturated carbocycles. The van der Waals surface area contributed by atoms with E-state index in [0.29, 0.717) is 35.5 Å². The number of pyridine rings is 1. The summed E-state index contributed by atoms with van der Waals surface area (Å²) in [4.78, 5) is 26.8. The lowest BCUT2D eigenvalue weighted by molar-refractivity contribution is -0.0592. The molecule has 0 radical (unpaired) electrons. The maximum Gasteiger partial charge on any atom is 0.346 e. The van der Waals surface area contributed by atoms with Crippen LogP contribution in [0.2, 0.25) is 5.02 Å². The lowest BCUT2D eigenvalue weighted by Gasteiger charge is -2.35. The van der Waals surface area contributed by atoms with Crippen molar-refractivity contribution in [1.82, 2.24) is 19.4 Å². The number of imidazole rings is 1. The van der Waals surface area contributed by atoms with Crippen LogP contribution in [-0.4, -0.2) is 69.4 Å². The summed E-state index contributed by atoms with van der Waals surface area (Å²) in [7, 11) is 0. The third-order valence-electron chi connectivity index (χ3n) is 7.71. The molecule has 2 aliphatic rings. The van der Waals surface area contributed by atoms with Crippen LogP contribution in [0, 0.1) is 0 Å². The van der Waals surface area contributed by atoms with Crippen LogP contribution in [0.25, 0.3) is 21.3 Å². The van der Waals surface area contributed by atoms with Gasteiger partial charge in [0.2, 0.25) is 5.88 Å². The molecule has 2 fully saturated rings. The van der Waals surface area contributed by atoms with Crippen LogP contribution in [0.1, 0.15) is 27.5 Å². The van der Waals surface area contributed by atoms with E-state index in [0.717, 1.165) is 77.7 Å². The minimum atomic E-state index is -0.917. The summed E-state index contributed by atoms with van der Waals surface area (Å²) in [6.07, 6.45) is 2.80. The molecule has 12 heteroatoms. The minimum Gasteiger partial charge on any atom is -0.477 e. The summed E-state index contributed by atoms with van der Waals surface area (Å²) in [5, 5.41) is 11.0. The maximum atomic E-state index is 11.5. The number of ether oxygens (including phenoxy) is 2. The molecule has 4 aromatic heterocycles. The van der Waals surface area contributed by atoms with Gasteiger partial charge < -0.3 is 28.5 Å². The van der Waals surface area contributed by atoms with Crippen LogP contribution in [0.15, 0.2) is 53.1 Å². The number of aromatic carboxylic acids is 1. The lowest BCUT2D eigenvalue weighted by Crippen LogP contribution is -2.46. The molecule has 212 valence electrons. The van der Waals surface area contributed by atoms with E-state index in [1.54, 1.807) is 12.3 Å². The molecule has 0 amide bonds. The van der Waals surface area contributed by atoms with Crippen molar-refractivity contribution < 1.29 is 23.8 Å². The first-order valence-corrected chi connectivity index (χ1v) is 14.8. The molecule has 6 heterocycles. The number of hydrogen-bond donors (Lipinski definition) is 1. The molecule has 0 spiro atoms. The van der Waals surface area contributed by atoms with Crippen molar-refractivity contribution >= 4 is 56.0 Å². The fourth-order valence-electron chi connectivity index (χ4n) is 5.37. The molecule has 0 aliphatic carbocycles. The zero-order chi connectivity index (χ0) is 27.9. The average Bonchev–Trinajstić information content (AvgIpc) is 3.67. The topological polar surface area (TPSA) is 106 Å². The number of benzene rings is 1. The molecule has 5 aromatic rings. The Morgan fingerprint density at radius 3 is 2.78 bits per heavy atom. The molecule has 7 rings (SSSR count). The highest BCUT2D eigenvalue weighted by atomic mass is 35.5. The number of rotatable bonds is 9. The van der Waals surface area contributed by atoms with Gasteiger partial charge in [-0.3, -0.25) is 4.90 Å². The Bertz CT molecular complexity index is 1720. The van der Waals surface area contributed by atoms with Crippen molar-refractivity contribution in [2.45, 2.75) is 32.2 Å². The van der Waals surface area contributed by atoms with Crippen molar-refractivity contribution in [3.05, 3.63) is 70.0 Å². The van der Waals surface area contributed by atoms with Gasteiger partial charge in [-0.15, -0.1) is 11.3 Å². The molecule has 2 aliphatic heterocycles. The van der Waals surface area contributed by atoms with Crippen LogP contribution in [0.4, 0.5) is 5.82 Å². The Hall–Kier alpha value is -3.64. The Labute approximate surface area is 244 Å². The molecule has 1 N–H and O–H groups in total. The highest BCUT2D eigenvalue weighted by molar-refractivity contribution is 7.20. The van der Waals surface area contributed by atoms with Crippen molar-refractivity contribution in [3.8, 4) is 5.88 Å². The van der Waals surface area contributed by atoms with Gasteiger partial charge in [-0.2, -0.15) is 4.98 Å². The quantitative estimate of drug-likeness (QED) is 0.244. The number of furan rings is 1. The second kappa shape index (κ2) is 11.0. The minimum absolute atomic E-state index is 0.154. The largest absolute Gasteiger partial charge is 0.477 e. The van der Waals surface area contributed by atoms with Gasteiger partial charge in [0.15, 0.2) is 0 Å². The first-order valence-electron chi connectivity index (χ1n) is 13.6. The molecule has 0 unspecified atom stereocenters. The van der Waals surface area contributed by atoms with Gasteiger partial charge >= 0.3 is 5.97 Å². The summed E-state index contributed by atoms with van der Waals surface area (Å²) in [5.41, 5.74) is 2.52. The number of carbonyl (C=O) groups is 1. The number of nitrogens with zero attached hydrogens (tertiary/aromatic N) is 5. The van der Waals surface area contributed by atoms with E-state index in [-0.39, 0.29) is 6.10 Å². The summed E-state index contributed by atoms with van der Waals surface area (Å²) < 4.78 is 19.5. The molecule has 10 nitrogen and oxygen atoms in total. The Morgan fingerprint density at radius 1 is 1.15 bits per heavy atom. The number of piperazine rings is 1.